The highest BCUT2D eigenvalue weighted by atomic mass is 79.9. The number of hydrogen-bond acceptors (Lipinski definition) is 2. The number of ether oxygens (including phenoxy) is 2. The maximum absolute atomic E-state index is 14.2. The molecule has 0 unspecified atom stereocenters. The van der Waals surface area contributed by atoms with Crippen molar-refractivity contribution in [3.8, 4) is 0 Å². The van der Waals surface area contributed by atoms with Crippen molar-refractivity contribution < 1.29 is 27.0 Å². The maximum atomic E-state index is 14.2. The van der Waals surface area contributed by atoms with Gasteiger partial charge in [-0.15, -0.1) is 0 Å². The van der Waals surface area contributed by atoms with Crippen LogP contribution in [-0.2, 0) is 14.3 Å². The molecule has 0 N–H and O–H groups in total. The fourth-order valence-corrected chi connectivity index (χ4v) is 6.97. The van der Waals surface area contributed by atoms with Crippen molar-refractivity contribution in [2.45, 2.75) is 101 Å². The van der Waals surface area contributed by atoms with E-state index in [1.807, 2.05) is 0 Å². The van der Waals surface area contributed by atoms with Crippen molar-refractivity contribution in [2.24, 2.45) is 23.7 Å². The van der Waals surface area contributed by atoms with E-state index in [-0.39, 0.29) is 12.2 Å². The van der Waals surface area contributed by atoms with Crippen molar-refractivity contribution in [1.29, 1.82) is 0 Å². The Hall–Kier alpha value is -0.660. The number of benzene rings is 1. The quantitative estimate of drug-likeness (QED) is 0.179. The van der Waals surface area contributed by atoms with Crippen molar-refractivity contribution in [3.05, 3.63) is 34.9 Å². The Morgan fingerprint density at radius 3 is 1.86 bits per heavy atom. The first-order valence-corrected chi connectivity index (χ1v) is 14.3. The van der Waals surface area contributed by atoms with Crippen LogP contribution in [0.2, 0.25) is 0 Å². The maximum Gasteiger partial charge on any atom is 0.332 e. The van der Waals surface area contributed by atoms with E-state index >= 15 is 0 Å². The molecule has 7 heteroatoms. The lowest BCUT2D eigenvalue weighted by Crippen LogP contribution is -2.39. The zero-order valence-corrected chi connectivity index (χ0v) is 22.3. The molecule has 0 aromatic heterocycles. The lowest BCUT2D eigenvalue weighted by atomic mass is 9.68. The van der Waals surface area contributed by atoms with Crippen LogP contribution in [0.25, 0.3) is 0 Å². The Morgan fingerprint density at radius 2 is 1.34 bits per heavy atom. The predicted molar refractivity (Wildman–Crippen MR) is 133 cm³/mol. The first kappa shape index (κ1) is 27.4. The van der Waals surface area contributed by atoms with Gasteiger partial charge in [-0.3, -0.25) is 0 Å². The zero-order chi connectivity index (χ0) is 25.0. The minimum atomic E-state index is -3.71. The van der Waals surface area contributed by atoms with Crippen molar-refractivity contribution in [1.82, 2.24) is 0 Å². The standard InChI is InChI=1S/C28H39BrF4O2/c1-2-3-4-5-18-16-34-27(35-17-18)22-12-10-20(11-13-22)19-6-8-21(9-7-19)23-14-24(30)26(25(31)15-23)28(29,32)33/h14-15,18-22,27H,2-13,16-17H2,1H3. The highest BCUT2D eigenvalue weighted by molar-refractivity contribution is 9.09. The number of halogens is 5. The van der Waals surface area contributed by atoms with Gasteiger partial charge in [-0.2, -0.15) is 8.78 Å². The van der Waals surface area contributed by atoms with Crippen LogP contribution >= 0.6 is 15.9 Å². The van der Waals surface area contributed by atoms with E-state index in [1.54, 1.807) is 0 Å². The monoisotopic (exact) mass is 562 g/mol. The second-order valence-electron chi connectivity index (χ2n) is 11.0. The molecule has 0 atom stereocenters. The molecular formula is C28H39BrF4O2. The lowest BCUT2D eigenvalue weighted by Gasteiger charge is -2.41. The van der Waals surface area contributed by atoms with Gasteiger partial charge in [-0.1, -0.05) is 26.2 Å². The summed E-state index contributed by atoms with van der Waals surface area (Å²) in [6.45, 7) is 3.88. The van der Waals surface area contributed by atoms with Gasteiger partial charge in [0, 0.05) is 11.8 Å². The normalized spacial score (nSPS) is 32.5. The molecule has 4 rings (SSSR count). The van der Waals surface area contributed by atoms with Gasteiger partial charge in [0.05, 0.1) is 13.2 Å². The summed E-state index contributed by atoms with van der Waals surface area (Å²) in [5.74, 6) is 0.00162. The molecule has 35 heavy (non-hydrogen) atoms. The molecule has 3 aliphatic rings. The SMILES string of the molecule is CCCCCC1COC(C2CCC(C3CCC(c4cc(F)c(C(F)(F)Br)c(F)c4)CC3)CC2)OC1. The van der Waals surface area contributed by atoms with E-state index in [1.165, 1.54) is 38.5 Å². The highest BCUT2D eigenvalue weighted by Crippen LogP contribution is 2.46. The summed E-state index contributed by atoms with van der Waals surface area (Å²) in [4.78, 5) is -3.71. The van der Waals surface area contributed by atoms with Gasteiger partial charge in [-0.25, -0.2) is 8.78 Å². The van der Waals surface area contributed by atoms with Gasteiger partial charge in [0.2, 0.25) is 0 Å². The number of rotatable bonds is 8. The van der Waals surface area contributed by atoms with E-state index in [0.29, 0.717) is 29.2 Å². The molecule has 2 aliphatic carbocycles. The van der Waals surface area contributed by atoms with E-state index < -0.39 is 22.0 Å². The minimum absolute atomic E-state index is 0.0268. The summed E-state index contributed by atoms with van der Waals surface area (Å²) < 4.78 is 67.6. The predicted octanol–water partition coefficient (Wildman–Crippen LogP) is 9.06. The van der Waals surface area contributed by atoms with Crippen LogP contribution in [-0.4, -0.2) is 19.5 Å². The van der Waals surface area contributed by atoms with Gasteiger partial charge in [0.15, 0.2) is 6.29 Å². The smallest absolute Gasteiger partial charge is 0.332 e. The van der Waals surface area contributed by atoms with Gasteiger partial charge in [0.1, 0.15) is 17.2 Å². The van der Waals surface area contributed by atoms with Gasteiger partial charge < -0.3 is 9.47 Å². The molecule has 0 bridgehead atoms. The first-order valence-electron chi connectivity index (χ1n) is 13.6. The van der Waals surface area contributed by atoms with Gasteiger partial charge in [-0.05, 0) is 109 Å². The molecule has 1 aromatic rings. The van der Waals surface area contributed by atoms with Crippen molar-refractivity contribution in [2.75, 3.05) is 13.2 Å². The van der Waals surface area contributed by atoms with Crippen LogP contribution in [0.3, 0.4) is 0 Å². The van der Waals surface area contributed by atoms with Crippen LogP contribution < -0.4 is 0 Å². The largest absolute Gasteiger partial charge is 0.352 e. The second kappa shape index (κ2) is 12.3. The lowest BCUT2D eigenvalue weighted by molar-refractivity contribution is -0.230. The molecule has 1 heterocycles. The van der Waals surface area contributed by atoms with Crippen LogP contribution in [0.1, 0.15) is 101 Å². The third kappa shape index (κ3) is 7.01. The Balaban J connectivity index is 1.21. The van der Waals surface area contributed by atoms with Crippen LogP contribution in [0, 0.1) is 35.3 Å². The molecule has 1 aromatic carbocycles. The average molecular weight is 564 g/mol. The van der Waals surface area contributed by atoms with Crippen LogP contribution in [0.15, 0.2) is 12.1 Å². The molecular weight excluding hydrogens is 524 g/mol. The molecule has 0 radical (unpaired) electrons. The fourth-order valence-electron chi connectivity index (χ4n) is 6.59. The average Bonchev–Trinajstić information content (AvgIpc) is 2.84. The molecule has 0 amide bonds. The summed E-state index contributed by atoms with van der Waals surface area (Å²) in [6.07, 6.45) is 13.3. The fraction of sp³-hybridized carbons (Fsp3) is 0.786. The van der Waals surface area contributed by atoms with Crippen LogP contribution in [0.4, 0.5) is 17.6 Å². The Kier molecular flexibility index (Phi) is 9.59. The zero-order valence-electron chi connectivity index (χ0n) is 20.7. The van der Waals surface area contributed by atoms with E-state index in [2.05, 4.69) is 22.9 Å². The third-order valence-corrected chi connectivity index (χ3v) is 9.06. The molecule has 1 saturated heterocycles. The van der Waals surface area contributed by atoms with Gasteiger partial charge in [0.25, 0.3) is 0 Å². The third-order valence-electron chi connectivity index (χ3n) is 8.67. The minimum Gasteiger partial charge on any atom is -0.352 e. The number of alkyl halides is 3. The molecule has 3 fully saturated rings. The molecule has 0 spiro atoms. The Morgan fingerprint density at radius 1 is 0.829 bits per heavy atom. The van der Waals surface area contributed by atoms with Crippen LogP contribution in [0.5, 0.6) is 0 Å². The van der Waals surface area contributed by atoms with Gasteiger partial charge >= 0.3 is 4.83 Å². The Bertz CT molecular complexity index is 783. The first-order chi connectivity index (χ1) is 16.8. The topological polar surface area (TPSA) is 18.5 Å². The molecule has 2 saturated carbocycles. The number of unbranched alkanes of at least 4 members (excludes halogenated alkanes) is 2. The summed E-state index contributed by atoms with van der Waals surface area (Å²) in [7, 11) is 0. The summed E-state index contributed by atoms with van der Waals surface area (Å²) in [5.41, 5.74) is -0.702. The molecule has 2 nitrogen and oxygen atoms in total. The van der Waals surface area contributed by atoms with Crippen molar-refractivity contribution >= 4 is 15.9 Å². The van der Waals surface area contributed by atoms with E-state index in [4.69, 9.17) is 9.47 Å². The molecule has 1 aliphatic heterocycles. The summed E-state index contributed by atoms with van der Waals surface area (Å²) >= 11 is 2.08. The summed E-state index contributed by atoms with van der Waals surface area (Å²) in [6, 6.07) is 2.20. The molecule has 198 valence electrons. The highest BCUT2D eigenvalue weighted by Gasteiger charge is 2.38. The van der Waals surface area contributed by atoms with Crippen molar-refractivity contribution in [3.63, 3.8) is 0 Å². The Labute approximate surface area is 215 Å². The summed E-state index contributed by atoms with van der Waals surface area (Å²) in [5, 5.41) is 0. The van der Waals surface area contributed by atoms with E-state index in [0.717, 1.165) is 63.9 Å². The number of hydrogen-bond donors (Lipinski definition) is 0. The van der Waals surface area contributed by atoms with E-state index in [9.17, 15) is 17.6 Å². The second-order valence-corrected chi connectivity index (χ2v) is 12.0.